The quantitative estimate of drug-likeness (QED) is 0.772. The molecule has 0 atom stereocenters. The predicted octanol–water partition coefficient (Wildman–Crippen LogP) is 4.79. The molecule has 0 aliphatic rings. The molecule has 2 aromatic rings. The fraction of sp³-hybridized carbons (Fsp3) is 0.368. The van der Waals surface area contributed by atoms with Crippen molar-refractivity contribution in [3.63, 3.8) is 0 Å². The maximum atomic E-state index is 13.7. The van der Waals surface area contributed by atoms with Gasteiger partial charge in [0.2, 0.25) is 5.78 Å². The summed E-state index contributed by atoms with van der Waals surface area (Å²) in [7, 11) is 0. The second kappa shape index (κ2) is 6.99. The van der Waals surface area contributed by atoms with Crippen molar-refractivity contribution in [1.82, 2.24) is 0 Å². The Hall–Kier alpha value is -2.43. The topological polar surface area (TPSA) is 67.5 Å². The van der Waals surface area contributed by atoms with Crippen LogP contribution >= 0.6 is 0 Å². The van der Waals surface area contributed by atoms with Gasteiger partial charge in [0.1, 0.15) is 11.6 Å². The number of carboxylic acids is 1. The van der Waals surface area contributed by atoms with Gasteiger partial charge in [-0.1, -0.05) is 33.8 Å². The van der Waals surface area contributed by atoms with Crippen molar-refractivity contribution in [2.75, 3.05) is 0 Å². The van der Waals surface area contributed by atoms with Crippen LogP contribution in [0.5, 0.6) is 0 Å². The van der Waals surface area contributed by atoms with Crippen molar-refractivity contribution >= 4 is 11.8 Å². The molecule has 0 fully saturated rings. The van der Waals surface area contributed by atoms with Crippen LogP contribution in [0, 0.1) is 5.82 Å². The standard InChI is InChI=1S/C19H21FO4/c1-10(2)14-9-17(24-18(14)11(3)4)16(21)8-12-5-6-13(19(22)23)15(20)7-12/h5-7,9-11H,8H2,1-4H3,(H,22,23). The number of furan rings is 1. The number of rotatable bonds is 6. The first-order chi connectivity index (χ1) is 11.2. The number of benzene rings is 1. The number of hydrogen-bond donors (Lipinski definition) is 1. The Morgan fingerprint density at radius 1 is 1.12 bits per heavy atom. The van der Waals surface area contributed by atoms with Crippen LogP contribution in [0.15, 0.2) is 28.7 Å². The van der Waals surface area contributed by atoms with Gasteiger partial charge in [-0.2, -0.15) is 0 Å². The summed E-state index contributed by atoms with van der Waals surface area (Å²) in [5.74, 6) is -0.995. The summed E-state index contributed by atoms with van der Waals surface area (Å²) < 4.78 is 19.4. The van der Waals surface area contributed by atoms with Crippen LogP contribution in [0.3, 0.4) is 0 Å². The lowest BCUT2D eigenvalue weighted by atomic mass is 9.97. The highest BCUT2D eigenvalue weighted by molar-refractivity contribution is 5.95. The monoisotopic (exact) mass is 332 g/mol. The minimum atomic E-state index is -1.33. The number of carbonyl (C=O) groups is 2. The molecule has 1 aromatic heterocycles. The lowest BCUT2D eigenvalue weighted by Crippen LogP contribution is -2.05. The molecule has 4 nitrogen and oxygen atoms in total. The number of carboxylic acid groups (broad SMARTS) is 1. The summed E-state index contributed by atoms with van der Waals surface area (Å²) in [6.45, 7) is 8.06. The van der Waals surface area contributed by atoms with E-state index in [9.17, 15) is 14.0 Å². The van der Waals surface area contributed by atoms with Crippen LogP contribution in [-0.2, 0) is 6.42 Å². The Bertz CT molecular complexity index is 746. The molecular formula is C19H21FO4. The van der Waals surface area contributed by atoms with Gasteiger partial charge in [0.25, 0.3) is 0 Å². The highest BCUT2D eigenvalue weighted by Gasteiger charge is 2.21. The molecule has 0 bridgehead atoms. The largest absolute Gasteiger partial charge is 0.478 e. The van der Waals surface area contributed by atoms with E-state index in [0.29, 0.717) is 5.56 Å². The predicted molar refractivity (Wildman–Crippen MR) is 88.3 cm³/mol. The van der Waals surface area contributed by atoms with E-state index in [1.165, 1.54) is 12.1 Å². The highest BCUT2D eigenvalue weighted by atomic mass is 19.1. The first-order valence-corrected chi connectivity index (χ1v) is 7.89. The van der Waals surface area contributed by atoms with Crippen LogP contribution < -0.4 is 0 Å². The molecule has 2 rings (SSSR count). The second-order valence-electron chi connectivity index (χ2n) is 6.46. The summed E-state index contributed by atoms with van der Waals surface area (Å²) in [5.41, 5.74) is 1.00. The molecule has 0 radical (unpaired) electrons. The van der Waals surface area contributed by atoms with Gasteiger partial charge < -0.3 is 9.52 Å². The van der Waals surface area contributed by atoms with Crippen molar-refractivity contribution < 1.29 is 23.5 Å². The minimum absolute atomic E-state index is 0.0423. The number of aromatic carboxylic acids is 1. The van der Waals surface area contributed by atoms with Gasteiger partial charge >= 0.3 is 5.97 Å². The maximum absolute atomic E-state index is 13.7. The number of Topliss-reactive ketones (excluding diaryl/α,β-unsaturated/α-hetero) is 1. The van der Waals surface area contributed by atoms with E-state index in [4.69, 9.17) is 9.52 Å². The number of halogens is 1. The average Bonchev–Trinajstić information content (AvgIpc) is 2.92. The van der Waals surface area contributed by atoms with Crippen LogP contribution in [-0.4, -0.2) is 16.9 Å². The zero-order chi connectivity index (χ0) is 18.0. The Kier molecular flexibility index (Phi) is 5.22. The SMILES string of the molecule is CC(C)c1cc(C(=O)Cc2ccc(C(=O)O)c(F)c2)oc1C(C)C. The van der Waals surface area contributed by atoms with E-state index >= 15 is 0 Å². The van der Waals surface area contributed by atoms with Crippen molar-refractivity contribution in [2.24, 2.45) is 0 Å². The Morgan fingerprint density at radius 3 is 2.25 bits per heavy atom. The van der Waals surface area contributed by atoms with Crippen molar-refractivity contribution in [1.29, 1.82) is 0 Å². The van der Waals surface area contributed by atoms with Gasteiger partial charge in [0.15, 0.2) is 5.76 Å². The van der Waals surface area contributed by atoms with Crippen LogP contribution in [0.1, 0.15) is 77.3 Å². The van der Waals surface area contributed by atoms with Crippen LogP contribution in [0.4, 0.5) is 4.39 Å². The van der Waals surface area contributed by atoms with Crippen molar-refractivity contribution in [2.45, 2.75) is 46.0 Å². The van der Waals surface area contributed by atoms with E-state index in [-0.39, 0.29) is 29.8 Å². The molecule has 1 N–H and O–H groups in total. The molecular weight excluding hydrogens is 311 g/mol. The van der Waals surface area contributed by atoms with Crippen molar-refractivity contribution in [3.8, 4) is 0 Å². The normalized spacial score (nSPS) is 11.3. The van der Waals surface area contributed by atoms with Crippen molar-refractivity contribution in [3.05, 3.63) is 58.3 Å². The fourth-order valence-corrected chi connectivity index (χ4v) is 2.57. The lowest BCUT2D eigenvalue weighted by molar-refractivity contribution is 0.0691. The zero-order valence-electron chi connectivity index (χ0n) is 14.2. The summed E-state index contributed by atoms with van der Waals surface area (Å²) in [5, 5.41) is 8.83. The first-order valence-electron chi connectivity index (χ1n) is 7.89. The molecule has 0 aliphatic carbocycles. The summed E-state index contributed by atoms with van der Waals surface area (Å²) >= 11 is 0. The third kappa shape index (κ3) is 3.72. The molecule has 0 aliphatic heterocycles. The highest BCUT2D eigenvalue weighted by Crippen LogP contribution is 2.30. The molecule has 0 amide bonds. The van der Waals surface area contributed by atoms with Gasteiger partial charge in [0, 0.05) is 12.3 Å². The number of carbonyl (C=O) groups excluding carboxylic acids is 1. The maximum Gasteiger partial charge on any atom is 0.338 e. The van der Waals surface area contributed by atoms with E-state index < -0.39 is 17.3 Å². The van der Waals surface area contributed by atoms with Gasteiger partial charge in [-0.05, 0) is 35.2 Å². The van der Waals surface area contributed by atoms with E-state index in [0.717, 1.165) is 17.4 Å². The van der Waals surface area contributed by atoms with Crippen LogP contribution in [0.25, 0.3) is 0 Å². The summed E-state index contributed by atoms with van der Waals surface area (Å²) in [6.07, 6.45) is -0.0423. The molecule has 0 spiro atoms. The van der Waals surface area contributed by atoms with Gasteiger partial charge in [-0.3, -0.25) is 4.79 Å². The lowest BCUT2D eigenvalue weighted by Gasteiger charge is -2.07. The Morgan fingerprint density at radius 2 is 1.79 bits per heavy atom. The molecule has 0 unspecified atom stereocenters. The third-order valence-electron chi connectivity index (χ3n) is 3.84. The first kappa shape index (κ1) is 17.9. The second-order valence-corrected chi connectivity index (χ2v) is 6.46. The Balaban J connectivity index is 2.26. The fourth-order valence-electron chi connectivity index (χ4n) is 2.57. The van der Waals surface area contributed by atoms with Gasteiger partial charge in [-0.15, -0.1) is 0 Å². The molecule has 1 heterocycles. The average molecular weight is 332 g/mol. The Labute approximate surface area is 140 Å². The number of ketones is 1. The summed E-state index contributed by atoms with van der Waals surface area (Å²) in [4.78, 5) is 23.2. The van der Waals surface area contributed by atoms with E-state index in [1.807, 2.05) is 27.7 Å². The van der Waals surface area contributed by atoms with E-state index in [2.05, 4.69) is 0 Å². The van der Waals surface area contributed by atoms with Gasteiger partial charge in [-0.25, -0.2) is 9.18 Å². The minimum Gasteiger partial charge on any atom is -0.478 e. The molecule has 0 saturated carbocycles. The summed E-state index contributed by atoms with van der Waals surface area (Å²) in [6, 6.07) is 5.45. The van der Waals surface area contributed by atoms with Crippen LogP contribution in [0.2, 0.25) is 0 Å². The molecule has 128 valence electrons. The zero-order valence-corrected chi connectivity index (χ0v) is 14.2. The molecule has 0 saturated heterocycles. The molecule has 5 heteroatoms. The number of hydrogen-bond acceptors (Lipinski definition) is 3. The smallest absolute Gasteiger partial charge is 0.338 e. The van der Waals surface area contributed by atoms with Gasteiger partial charge in [0.05, 0.1) is 5.56 Å². The third-order valence-corrected chi connectivity index (χ3v) is 3.84. The molecule has 24 heavy (non-hydrogen) atoms. The molecule has 1 aromatic carbocycles. The van der Waals surface area contributed by atoms with E-state index in [1.54, 1.807) is 6.07 Å².